The highest BCUT2D eigenvalue weighted by atomic mass is 16.6. The van der Waals surface area contributed by atoms with E-state index in [9.17, 15) is 4.79 Å². The molecule has 1 amide bonds. The van der Waals surface area contributed by atoms with Gasteiger partial charge < -0.3 is 18.9 Å². The molecule has 2 fully saturated rings. The van der Waals surface area contributed by atoms with Crippen LogP contribution in [-0.4, -0.2) is 64.8 Å². The Morgan fingerprint density at radius 1 is 1.28 bits per heavy atom. The third-order valence-electron chi connectivity index (χ3n) is 4.97. The van der Waals surface area contributed by atoms with Crippen molar-refractivity contribution < 1.29 is 14.3 Å². The van der Waals surface area contributed by atoms with Gasteiger partial charge in [0, 0.05) is 44.6 Å². The maximum Gasteiger partial charge on any atom is 0.410 e. The molecule has 2 saturated heterocycles. The fourth-order valence-electron chi connectivity index (χ4n) is 3.70. The zero-order valence-electron chi connectivity index (χ0n) is 14.5. The van der Waals surface area contributed by atoms with Crippen LogP contribution >= 0.6 is 0 Å². The highest BCUT2D eigenvalue weighted by molar-refractivity contribution is 5.70. The quantitative estimate of drug-likeness (QED) is 0.849. The Balaban J connectivity index is 1.48. The summed E-state index contributed by atoms with van der Waals surface area (Å²) in [5, 5.41) is 0. The number of imidazole rings is 1. The van der Waals surface area contributed by atoms with Gasteiger partial charge >= 0.3 is 6.09 Å². The van der Waals surface area contributed by atoms with Gasteiger partial charge in [0.15, 0.2) is 0 Å². The van der Waals surface area contributed by atoms with Crippen LogP contribution in [0.3, 0.4) is 0 Å². The fraction of sp³-hybridized carbons (Fsp3) is 0.444. The van der Waals surface area contributed by atoms with E-state index < -0.39 is 0 Å². The third-order valence-corrected chi connectivity index (χ3v) is 4.97. The number of hydrogen-bond acceptors (Lipinski definition) is 5. The van der Waals surface area contributed by atoms with Crippen LogP contribution in [0.5, 0.6) is 5.75 Å². The van der Waals surface area contributed by atoms with Crippen molar-refractivity contribution in [2.75, 3.05) is 33.8 Å². The van der Waals surface area contributed by atoms with Crippen molar-refractivity contribution in [1.29, 1.82) is 0 Å². The number of benzene rings is 1. The Labute approximate surface area is 146 Å². The van der Waals surface area contributed by atoms with E-state index in [4.69, 9.17) is 9.47 Å². The lowest BCUT2D eigenvalue weighted by Crippen LogP contribution is -2.37. The maximum atomic E-state index is 11.7. The molecule has 25 heavy (non-hydrogen) atoms. The first kappa shape index (κ1) is 16.0. The Morgan fingerprint density at radius 3 is 2.76 bits per heavy atom. The molecule has 7 heteroatoms. The molecular weight excluding hydrogens is 320 g/mol. The lowest BCUT2D eigenvalue weighted by atomic mass is 10.0. The first-order valence-electron chi connectivity index (χ1n) is 8.42. The van der Waals surface area contributed by atoms with Gasteiger partial charge in [-0.1, -0.05) is 0 Å². The maximum absolute atomic E-state index is 11.7. The zero-order chi connectivity index (χ0) is 17.4. The second-order valence-corrected chi connectivity index (χ2v) is 6.78. The summed E-state index contributed by atoms with van der Waals surface area (Å²) in [6, 6.07) is 7.92. The number of aromatic nitrogens is 2. The van der Waals surface area contributed by atoms with E-state index >= 15 is 0 Å². The molecule has 4 rings (SSSR count). The van der Waals surface area contributed by atoms with Gasteiger partial charge in [-0.3, -0.25) is 4.90 Å². The number of carbonyl (C=O) groups is 1. The number of likely N-dealkylation sites (N-methyl/N-ethyl adjacent to an activating group) is 1. The standard InChI is InChI=1S/C18H22N4O3/c1-20-12-18(25-17(20)23)7-9-21(13-18)11-16-19-8-10-22(16)14-3-5-15(24-2)6-4-14/h3-6,8,10H,7,9,11-13H2,1-2H3/t18-/m0/s1. The second-order valence-electron chi connectivity index (χ2n) is 6.78. The second kappa shape index (κ2) is 6.07. The number of ether oxygens (including phenoxy) is 2. The molecule has 0 radical (unpaired) electrons. The molecule has 0 aliphatic carbocycles. The topological polar surface area (TPSA) is 59.8 Å². The lowest BCUT2D eigenvalue weighted by Gasteiger charge is -2.21. The molecule has 1 aromatic heterocycles. The molecule has 0 unspecified atom stereocenters. The monoisotopic (exact) mass is 342 g/mol. The SMILES string of the molecule is COc1ccc(-n2ccnc2CN2CC[C@@]3(C2)CN(C)C(=O)O3)cc1. The molecule has 1 aromatic carbocycles. The first-order chi connectivity index (χ1) is 12.1. The number of hydrogen-bond donors (Lipinski definition) is 0. The van der Waals surface area contributed by atoms with Gasteiger partial charge in [-0.25, -0.2) is 9.78 Å². The summed E-state index contributed by atoms with van der Waals surface area (Å²) in [5.41, 5.74) is 0.692. The zero-order valence-corrected chi connectivity index (χ0v) is 14.5. The van der Waals surface area contributed by atoms with Crippen LogP contribution in [0, 0.1) is 0 Å². The lowest BCUT2D eigenvalue weighted by molar-refractivity contribution is 0.0624. The minimum atomic E-state index is -0.358. The highest BCUT2D eigenvalue weighted by Crippen LogP contribution is 2.32. The van der Waals surface area contributed by atoms with Crippen molar-refractivity contribution in [2.24, 2.45) is 0 Å². The van der Waals surface area contributed by atoms with Gasteiger partial charge in [0.05, 0.1) is 20.2 Å². The third kappa shape index (κ3) is 2.95. The van der Waals surface area contributed by atoms with Crippen LogP contribution in [0.1, 0.15) is 12.2 Å². The van der Waals surface area contributed by atoms with E-state index in [1.54, 1.807) is 19.1 Å². The Bertz CT molecular complexity index is 773. The summed E-state index contributed by atoms with van der Waals surface area (Å²) in [7, 11) is 3.45. The fourth-order valence-corrected chi connectivity index (χ4v) is 3.70. The molecule has 132 valence electrons. The van der Waals surface area contributed by atoms with E-state index in [1.165, 1.54) is 0 Å². The van der Waals surface area contributed by atoms with Crippen molar-refractivity contribution in [2.45, 2.75) is 18.6 Å². The van der Waals surface area contributed by atoms with Gasteiger partial charge in [-0.2, -0.15) is 0 Å². The summed E-state index contributed by atoms with van der Waals surface area (Å²) in [6.07, 6.45) is 4.43. The van der Waals surface area contributed by atoms with Crippen molar-refractivity contribution >= 4 is 6.09 Å². The average molecular weight is 342 g/mol. The molecule has 2 aromatic rings. The number of rotatable bonds is 4. The van der Waals surface area contributed by atoms with Gasteiger partial charge in [-0.05, 0) is 24.3 Å². The molecule has 0 N–H and O–H groups in total. The van der Waals surface area contributed by atoms with Gasteiger partial charge in [0.25, 0.3) is 0 Å². The largest absolute Gasteiger partial charge is 0.497 e. The van der Waals surface area contributed by atoms with Crippen molar-refractivity contribution in [3.05, 3.63) is 42.5 Å². The predicted octanol–water partition coefficient (Wildman–Crippen LogP) is 1.91. The molecule has 1 spiro atoms. The van der Waals surface area contributed by atoms with Crippen LogP contribution in [0.4, 0.5) is 4.79 Å². The number of amides is 1. The van der Waals surface area contributed by atoms with Crippen LogP contribution in [0.15, 0.2) is 36.7 Å². The molecule has 0 saturated carbocycles. The van der Waals surface area contributed by atoms with Crippen molar-refractivity contribution in [3.63, 3.8) is 0 Å². The van der Waals surface area contributed by atoms with Crippen molar-refractivity contribution in [3.8, 4) is 11.4 Å². The molecule has 2 aliphatic rings. The van der Waals surface area contributed by atoms with Gasteiger partial charge in [0.1, 0.15) is 17.2 Å². The summed E-state index contributed by atoms with van der Waals surface area (Å²) in [6.45, 7) is 3.03. The van der Waals surface area contributed by atoms with E-state index in [1.807, 2.05) is 36.7 Å². The summed E-state index contributed by atoms with van der Waals surface area (Å²) in [4.78, 5) is 20.2. The summed E-state index contributed by atoms with van der Waals surface area (Å²) < 4.78 is 12.9. The van der Waals surface area contributed by atoms with Gasteiger partial charge in [0.2, 0.25) is 0 Å². The summed E-state index contributed by atoms with van der Waals surface area (Å²) in [5.74, 6) is 1.80. The van der Waals surface area contributed by atoms with Crippen LogP contribution in [0.25, 0.3) is 5.69 Å². The number of nitrogens with zero attached hydrogens (tertiary/aromatic N) is 4. The molecule has 0 bridgehead atoms. The summed E-state index contributed by atoms with van der Waals surface area (Å²) >= 11 is 0. The van der Waals surface area contributed by atoms with Crippen LogP contribution < -0.4 is 4.74 Å². The number of likely N-dealkylation sites (tertiary alicyclic amines) is 1. The molecular formula is C18H22N4O3. The van der Waals surface area contributed by atoms with Crippen molar-refractivity contribution in [1.82, 2.24) is 19.4 Å². The minimum absolute atomic E-state index is 0.221. The first-order valence-corrected chi connectivity index (χ1v) is 8.42. The van der Waals surface area contributed by atoms with E-state index in [-0.39, 0.29) is 11.7 Å². The Hall–Kier alpha value is -2.54. The van der Waals surface area contributed by atoms with Gasteiger partial charge in [-0.15, -0.1) is 0 Å². The Morgan fingerprint density at radius 2 is 2.08 bits per heavy atom. The number of carbonyl (C=O) groups excluding carboxylic acids is 1. The van der Waals surface area contributed by atoms with E-state index in [2.05, 4.69) is 14.5 Å². The number of methoxy groups -OCH3 is 1. The van der Waals surface area contributed by atoms with Crippen LogP contribution in [-0.2, 0) is 11.3 Å². The minimum Gasteiger partial charge on any atom is -0.497 e. The van der Waals surface area contributed by atoms with Crippen LogP contribution in [0.2, 0.25) is 0 Å². The highest BCUT2D eigenvalue weighted by Gasteiger charge is 2.48. The molecule has 7 nitrogen and oxygen atoms in total. The molecule has 3 heterocycles. The Kier molecular flexibility index (Phi) is 3.88. The van der Waals surface area contributed by atoms with E-state index in [0.29, 0.717) is 6.54 Å². The predicted molar refractivity (Wildman–Crippen MR) is 91.9 cm³/mol. The molecule has 1 atom stereocenters. The normalized spacial score (nSPS) is 23.4. The smallest absolute Gasteiger partial charge is 0.410 e. The van der Waals surface area contributed by atoms with E-state index in [0.717, 1.165) is 43.3 Å². The molecule has 2 aliphatic heterocycles. The average Bonchev–Trinajstić information content (AvgIpc) is 3.29.